The van der Waals surface area contributed by atoms with Crippen molar-refractivity contribution in [2.24, 2.45) is 0 Å². The van der Waals surface area contributed by atoms with Crippen LogP contribution in [0.1, 0.15) is 71.0 Å². The number of para-hydroxylation sites is 4. The Morgan fingerprint density at radius 2 is 0.821 bits per heavy atom. The second-order valence-electron chi connectivity index (χ2n) is 28.2. The number of rotatable bonds is 6. The summed E-state index contributed by atoms with van der Waals surface area (Å²) in [5.74, 6) is -17.5. The fraction of sp³-hybridized carbons (Fsp3) is 0.216. The van der Waals surface area contributed by atoms with Crippen molar-refractivity contribution in [1.82, 2.24) is 19.6 Å². The molecular weight excluding hydrogens is 1430 g/mol. The molecule has 24 heteroatoms. The van der Waals surface area contributed by atoms with Crippen LogP contribution in [-0.2, 0) is 0 Å². The first-order chi connectivity index (χ1) is 53.2. The molecule has 1 fully saturated rings. The van der Waals surface area contributed by atoms with Gasteiger partial charge in [0.25, 0.3) is 0 Å². The van der Waals surface area contributed by atoms with Crippen molar-refractivity contribution in [2.75, 3.05) is 89.1 Å². The molecule has 0 aromatic heterocycles. The van der Waals surface area contributed by atoms with E-state index in [2.05, 4.69) is 181 Å². The van der Waals surface area contributed by atoms with Gasteiger partial charge in [-0.1, -0.05) is 84.4 Å². The van der Waals surface area contributed by atoms with Gasteiger partial charge in [-0.05, 0) is 180 Å². The Hall–Kier alpha value is -12.5. The molecule has 3 aliphatic carbocycles. The smallest absolute Gasteiger partial charge is 0.872 e. The number of anilines is 4. The normalized spacial score (nSPS) is 15.7. The second-order valence-corrected chi connectivity index (χ2v) is 28.2. The summed E-state index contributed by atoms with van der Waals surface area (Å²) in [5, 5.41) is 59.1. The van der Waals surface area contributed by atoms with Crippen LogP contribution in [0.3, 0.4) is 0 Å². The van der Waals surface area contributed by atoms with Crippen molar-refractivity contribution in [3.05, 3.63) is 289 Å². The number of benzene rings is 8. The molecule has 0 saturated heterocycles. The van der Waals surface area contributed by atoms with Gasteiger partial charge in [0.15, 0.2) is 57.9 Å². The van der Waals surface area contributed by atoms with Crippen molar-refractivity contribution in [3.63, 3.8) is 0 Å². The van der Waals surface area contributed by atoms with E-state index in [0.717, 1.165) is 75.3 Å². The Bertz CT molecular complexity index is 5270. The molecule has 0 N–H and O–H groups in total. The van der Waals surface area contributed by atoms with Crippen LogP contribution in [0.25, 0.3) is 67.1 Å². The molecule has 0 radical (unpaired) electrons. The average molecular weight is 1510 g/mol. The standard InChI is InChI=1S/C39H11F9N4.C22H28N4.C17H24N4.C10H10NO.Li/c1-14-31(40)33(42)29(34(43)32(14)41)15-2-4-19-21-8-26-22(9-25(21)27(23(19)6-15)17(10-49)11-50)20-5-3-16(7-24(20)28(26)18(12-51)13-52)30-35(44)37(46)39(48)38(47)36(30)45;1-23-17-11-5-6-12-18(17)24(2)21(23)15-9-10-16-22(21)25(3)19-13-7-8-14-20(19)26(22)4;1-18(2)14-6-10-20-8-5-9-21-11-7-15(19(3)4)13-17(21)16(20)12-14;1-8-9(5-3-7-11)4-2-6-10(8)12;/h2-9H,1H3;5-8,11-14H,9-10,15-16H2,1-4H3;6-7,10-13H,5,8-9H2,1-4H3;2-7,12H,1H3;/q;;;-1;+1/p-1. The van der Waals surface area contributed by atoms with E-state index in [4.69, 9.17) is 5.41 Å². The van der Waals surface area contributed by atoms with Gasteiger partial charge in [-0.2, -0.15) is 27.3 Å². The molecule has 8 aromatic carbocycles. The molecule has 0 bridgehead atoms. The zero-order valence-electron chi connectivity index (χ0n) is 63.2. The molecular formula is C88H72F9LiN13O-. The third kappa shape index (κ3) is 12.7. The van der Waals surface area contributed by atoms with Crippen molar-refractivity contribution in [3.8, 4) is 74.5 Å². The predicted octanol–water partition coefficient (Wildman–Crippen LogP) is 15.2. The summed E-state index contributed by atoms with van der Waals surface area (Å²) < 4.78 is 131. The summed E-state index contributed by atoms with van der Waals surface area (Å²) in [6.45, 7) is 4.76. The maximum absolute atomic E-state index is 15.1. The van der Waals surface area contributed by atoms with E-state index in [-0.39, 0.29) is 97.2 Å². The third-order valence-electron chi connectivity index (χ3n) is 22.3. The first-order valence-corrected chi connectivity index (χ1v) is 35.6. The zero-order valence-corrected chi connectivity index (χ0v) is 63.2. The van der Waals surface area contributed by atoms with Crippen LogP contribution in [0, 0.1) is 112 Å². The van der Waals surface area contributed by atoms with Gasteiger partial charge < -0.3 is 49.7 Å². The largest absolute Gasteiger partial charge is 1.00 e. The molecule has 0 unspecified atom stereocenters. The van der Waals surface area contributed by atoms with Crippen LogP contribution in [0.4, 0.5) is 62.3 Å². The van der Waals surface area contributed by atoms with Gasteiger partial charge in [0.05, 0.1) is 45.3 Å². The Morgan fingerprint density at radius 3 is 1.19 bits per heavy atom. The van der Waals surface area contributed by atoms with Crippen LogP contribution in [-0.4, -0.2) is 107 Å². The molecule has 16 rings (SSSR count). The van der Waals surface area contributed by atoms with Crippen LogP contribution in [0.15, 0.2) is 192 Å². The Balaban J connectivity index is 0.000000160. The first kappa shape index (κ1) is 79.0. The number of halogens is 9. The number of likely N-dealkylation sites (N-methyl/N-ethyl adjacent to an activating group) is 6. The summed E-state index contributed by atoms with van der Waals surface area (Å²) in [4.78, 5) is 19.3. The molecule has 2 spiro atoms. The van der Waals surface area contributed by atoms with Crippen LogP contribution < -0.4 is 43.6 Å². The maximum Gasteiger partial charge on any atom is 1.00 e. The molecule has 0 atom stereocenters. The number of fused-ring (bicyclic) bond motifs is 11. The van der Waals surface area contributed by atoms with Crippen LogP contribution in [0.2, 0.25) is 0 Å². The minimum absolute atomic E-state index is 0. The Morgan fingerprint density at radius 1 is 0.455 bits per heavy atom. The Labute approximate surface area is 656 Å². The molecule has 0 amide bonds. The second kappa shape index (κ2) is 31.1. The molecule has 1 saturated carbocycles. The predicted molar refractivity (Wildman–Crippen MR) is 413 cm³/mol. The number of allylic oxidation sites excluding steroid dienone is 7. The van der Waals surface area contributed by atoms with Crippen molar-refractivity contribution in [2.45, 2.75) is 57.3 Å². The Kier molecular flexibility index (Phi) is 21.9. The molecule has 560 valence electrons. The van der Waals surface area contributed by atoms with Gasteiger partial charge in [-0.15, -0.1) is 5.75 Å². The van der Waals surface area contributed by atoms with Gasteiger partial charge in [-0.25, -0.2) is 39.5 Å². The maximum atomic E-state index is 15.1. The summed E-state index contributed by atoms with van der Waals surface area (Å²) in [7, 11) is 17.5. The molecule has 14 nitrogen and oxygen atoms in total. The minimum Gasteiger partial charge on any atom is -0.872 e. The SMILES string of the molecule is CN(C)C1=CC2=C3C=C(N(C)C)C=CN3CCCN2C=C1.CN1c2ccccc2N(C)C12CCCCC21N(C)c2ccccc2N1C.Cc1c(F)c(F)c(-c2ccc3c(c2)C(=C(C#N)C#N)c2cc4c(cc2-3)C(=C(C#N)C#N)c2cc(-c3c(F)c(F)c(F)c(F)c3F)ccc2-4)c(F)c1F.Cc1c([O-])cccc1C=CC=[N-].[Li+]. The van der Waals surface area contributed by atoms with Gasteiger partial charge in [0, 0.05) is 110 Å². The number of hydrogen-bond acceptors (Lipinski definition) is 13. The average Bonchev–Trinajstić information content (AvgIpc) is 1.51. The van der Waals surface area contributed by atoms with Gasteiger partial charge in [-0.3, -0.25) is 0 Å². The number of nitriles is 4. The summed E-state index contributed by atoms with van der Waals surface area (Å²) in [6.07, 6.45) is 23.5. The monoisotopic (exact) mass is 1500 g/mol. The molecule has 5 aliphatic heterocycles. The first-order valence-electron chi connectivity index (χ1n) is 35.6. The molecule has 112 heavy (non-hydrogen) atoms. The molecule has 5 heterocycles. The van der Waals surface area contributed by atoms with Crippen molar-refractivity contribution < 1.29 is 63.5 Å². The summed E-state index contributed by atoms with van der Waals surface area (Å²) >= 11 is 0. The number of nitrogens with zero attached hydrogens (tertiary/aromatic N) is 13. The minimum atomic E-state index is -2.36. The van der Waals surface area contributed by atoms with E-state index in [1.807, 2.05) is 6.07 Å². The fourth-order valence-electron chi connectivity index (χ4n) is 16.7. The van der Waals surface area contributed by atoms with Crippen LogP contribution in [0.5, 0.6) is 5.75 Å². The van der Waals surface area contributed by atoms with Crippen molar-refractivity contribution in [1.29, 1.82) is 21.0 Å². The van der Waals surface area contributed by atoms with Crippen molar-refractivity contribution >= 4 is 46.2 Å². The number of hydrogen-bond donors (Lipinski definition) is 0. The molecule has 8 aliphatic rings. The van der Waals surface area contributed by atoms with Crippen LogP contribution >= 0.6 is 0 Å². The van der Waals surface area contributed by atoms with E-state index < -0.39 is 85.8 Å². The van der Waals surface area contributed by atoms with E-state index in [0.29, 0.717) is 5.56 Å². The topological polar surface area (TPSA) is 166 Å². The quantitative estimate of drug-likeness (QED) is 0.0386. The van der Waals surface area contributed by atoms with E-state index in [1.165, 1.54) is 94.8 Å². The van der Waals surface area contributed by atoms with E-state index in [1.54, 1.807) is 43.3 Å². The van der Waals surface area contributed by atoms with Gasteiger partial charge in [0.1, 0.15) is 35.4 Å². The third-order valence-corrected chi connectivity index (χ3v) is 22.3. The van der Waals surface area contributed by atoms with Gasteiger partial charge >= 0.3 is 18.9 Å². The molecule has 8 aromatic rings. The van der Waals surface area contributed by atoms with Gasteiger partial charge in [0.2, 0.25) is 5.82 Å². The van der Waals surface area contributed by atoms with E-state index in [9.17, 15) is 56.9 Å². The summed E-state index contributed by atoms with van der Waals surface area (Å²) in [6, 6.07) is 39.7. The van der Waals surface area contributed by atoms with E-state index >= 15 is 8.78 Å². The zero-order chi connectivity index (χ0) is 79.6. The fourth-order valence-corrected chi connectivity index (χ4v) is 16.7. The summed E-state index contributed by atoms with van der Waals surface area (Å²) in [5.41, 5.74) is 8.27.